The Kier molecular flexibility index (Phi) is 10.4. The summed E-state index contributed by atoms with van der Waals surface area (Å²) in [6.45, 7) is 2.40. The van der Waals surface area contributed by atoms with E-state index in [4.69, 9.17) is 23.2 Å². The van der Waals surface area contributed by atoms with Gasteiger partial charge in [-0.05, 0) is 75.8 Å². The summed E-state index contributed by atoms with van der Waals surface area (Å²) in [7, 11) is 3.99. The van der Waals surface area contributed by atoms with Crippen molar-refractivity contribution in [1.29, 1.82) is 0 Å². The number of benzene rings is 2. The fraction of sp³-hybridized carbons (Fsp3) is 0.310. The Balaban J connectivity index is 1.26. The zero-order valence-corrected chi connectivity index (χ0v) is 24.4. The third-order valence-corrected chi connectivity index (χ3v) is 7.28. The Morgan fingerprint density at radius 2 is 1.71 bits per heavy atom. The molecule has 0 unspecified atom stereocenters. The summed E-state index contributed by atoms with van der Waals surface area (Å²) < 4.78 is 0. The summed E-state index contributed by atoms with van der Waals surface area (Å²) in [6.07, 6.45) is 7.10. The number of rotatable bonds is 10. The summed E-state index contributed by atoms with van der Waals surface area (Å²) in [4.78, 5) is 42.2. The highest BCUT2D eigenvalue weighted by molar-refractivity contribution is 6.40. The summed E-state index contributed by atoms with van der Waals surface area (Å²) in [6, 6.07) is 12.5. The molecule has 0 atom stereocenters. The average molecular weight is 599 g/mol. The van der Waals surface area contributed by atoms with Gasteiger partial charge >= 0.3 is 0 Å². The molecule has 4 rings (SSSR count). The van der Waals surface area contributed by atoms with Crippen LogP contribution >= 0.6 is 23.2 Å². The van der Waals surface area contributed by atoms with Crippen molar-refractivity contribution in [1.82, 2.24) is 20.4 Å². The molecule has 4 N–H and O–H groups in total. The first-order chi connectivity index (χ1) is 19.7. The molecule has 12 heteroatoms. The standard InChI is InChI=1S/C29H33Cl2N7O3/c1-37(2)15-4-3-8-25(39)33-19-9-11-21(12-10-19)38-16-13-20(14-17-38)34-29(41)27-24(18-32-36-27)35-28(40)26-22(30)6-5-7-23(26)31/h3,5-12,18,20H,4,13-17H2,1-2H3,(H,32,36)(H,33,39)(H,34,41)(H,35,40)/b8-3+. The van der Waals surface area contributed by atoms with Crippen LogP contribution in [0.3, 0.4) is 0 Å². The van der Waals surface area contributed by atoms with Crippen molar-refractivity contribution >= 4 is 58.0 Å². The molecule has 1 saturated heterocycles. The molecule has 216 valence electrons. The monoisotopic (exact) mass is 597 g/mol. The van der Waals surface area contributed by atoms with Gasteiger partial charge in [0.15, 0.2) is 0 Å². The molecule has 1 aromatic heterocycles. The van der Waals surface area contributed by atoms with E-state index in [9.17, 15) is 14.4 Å². The second kappa shape index (κ2) is 14.2. The van der Waals surface area contributed by atoms with Crippen LogP contribution in [0.2, 0.25) is 10.0 Å². The van der Waals surface area contributed by atoms with E-state index >= 15 is 0 Å². The van der Waals surface area contributed by atoms with Crippen molar-refractivity contribution in [3.63, 3.8) is 0 Å². The van der Waals surface area contributed by atoms with Gasteiger partial charge in [-0.25, -0.2) is 0 Å². The van der Waals surface area contributed by atoms with Gasteiger partial charge in [0.2, 0.25) is 5.91 Å². The lowest BCUT2D eigenvalue weighted by Gasteiger charge is -2.34. The maximum atomic E-state index is 13.0. The van der Waals surface area contributed by atoms with Crippen molar-refractivity contribution in [2.24, 2.45) is 0 Å². The molecular formula is C29H33Cl2N7O3. The second-order valence-electron chi connectivity index (χ2n) is 9.97. The molecule has 2 aromatic carbocycles. The number of carbonyl (C=O) groups excluding carboxylic acids is 3. The topological polar surface area (TPSA) is 122 Å². The maximum Gasteiger partial charge on any atom is 0.271 e. The Bertz CT molecular complexity index is 1380. The van der Waals surface area contributed by atoms with E-state index in [2.05, 4.69) is 35.9 Å². The van der Waals surface area contributed by atoms with E-state index in [0.717, 1.165) is 50.3 Å². The molecule has 0 spiro atoms. The number of nitrogens with zero attached hydrogens (tertiary/aromatic N) is 3. The molecule has 0 saturated carbocycles. The van der Waals surface area contributed by atoms with Gasteiger partial charge < -0.3 is 25.8 Å². The van der Waals surface area contributed by atoms with E-state index in [1.165, 1.54) is 6.20 Å². The number of hydrogen-bond acceptors (Lipinski definition) is 6. The lowest BCUT2D eigenvalue weighted by atomic mass is 10.0. The Labute approximate surface area is 249 Å². The van der Waals surface area contributed by atoms with E-state index in [-0.39, 0.29) is 44.8 Å². The first-order valence-corrected chi connectivity index (χ1v) is 14.0. The van der Waals surface area contributed by atoms with Crippen molar-refractivity contribution in [2.45, 2.75) is 25.3 Å². The summed E-state index contributed by atoms with van der Waals surface area (Å²) in [5.41, 5.74) is 2.29. The molecule has 10 nitrogen and oxygen atoms in total. The van der Waals surface area contributed by atoms with Crippen LogP contribution in [0.15, 0.2) is 60.8 Å². The number of piperidine rings is 1. The fourth-order valence-electron chi connectivity index (χ4n) is 4.46. The number of aromatic amines is 1. The number of halogens is 2. The molecule has 41 heavy (non-hydrogen) atoms. The van der Waals surface area contributed by atoms with Gasteiger partial charge in [0, 0.05) is 37.1 Å². The van der Waals surface area contributed by atoms with E-state index < -0.39 is 5.91 Å². The van der Waals surface area contributed by atoms with E-state index in [1.54, 1.807) is 24.3 Å². The lowest BCUT2D eigenvalue weighted by Crippen LogP contribution is -2.45. The van der Waals surface area contributed by atoms with Crippen LogP contribution in [0.25, 0.3) is 0 Å². The van der Waals surface area contributed by atoms with E-state index in [0.29, 0.717) is 0 Å². The molecule has 0 aliphatic carbocycles. The Morgan fingerprint density at radius 1 is 1.02 bits per heavy atom. The van der Waals surface area contributed by atoms with Gasteiger partial charge in [-0.3, -0.25) is 19.5 Å². The highest BCUT2D eigenvalue weighted by atomic mass is 35.5. The van der Waals surface area contributed by atoms with Gasteiger partial charge in [-0.1, -0.05) is 35.3 Å². The van der Waals surface area contributed by atoms with E-state index in [1.807, 2.05) is 44.4 Å². The van der Waals surface area contributed by atoms with Gasteiger partial charge in [0.1, 0.15) is 5.69 Å². The largest absolute Gasteiger partial charge is 0.371 e. The number of aromatic nitrogens is 2. The first kappa shape index (κ1) is 30.1. The maximum absolute atomic E-state index is 13.0. The minimum absolute atomic E-state index is 0.0403. The smallest absolute Gasteiger partial charge is 0.271 e. The third kappa shape index (κ3) is 8.32. The molecule has 3 amide bonds. The molecule has 0 radical (unpaired) electrons. The van der Waals surface area contributed by atoms with Crippen molar-refractivity contribution in [2.75, 3.05) is 49.3 Å². The summed E-state index contributed by atoms with van der Waals surface area (Å²) in [5, 5.41) is 15.6. The SMILES string of the molecule is CN(C)CC/C=C/C(=O)Nc1ccc(N2CCC(NC(=O)c3[nH]ncc3NC(=O)c3c(Cl)cccc3Cl)CC2)cc1. The summed E-state index contributed by atoms with van der Waals surface area (Å²) in [5.74, 6) is -1.05. The molecule has 1 aliphatic heterocycles. The quantitative estimate of drug-likeness (QED) is 0.249. The van der Waals surface area contributed by atoms with Gasteiger partial charge in [-0.15, -0.1) is 0 Å². The van der Waals surface area contributed by atoms with Crippen LogP contribution in [0.4, 0.5) is 17.1 Å². The Hall–Kier alpha value is -3.86. The number of anilines is 3. The number of H-pyrrole nitrogens is 1. The van der Waals surface area contributed by atoms with Gasteiger partial charge in [-0.2, -0.15) is 5.10 Å². The lowest BCUT2D eigenvalue weighted by molar-refractivity contribution is -0.111. The molecule has 0 bridgehead atoms. The van der Waals surface area contributed by atoms with Crippen LogP contribution in [-0.4, -0.2) is 72.6 Å². The minimum Gasteiger partial charge on any atom is -0.371 e. The second-order valence-corrected chi connectivity index (χ2v) is 10.8. The van der Waals surface area contributed by atoms with Gasteiger partial charge in [0.05, 0.1) is 27.5 Å². The predicted octanol–water partition coefficient (Wildman–Crippen LogP) is 4.81. The van der Waals surface area contributed by atoms with Crippen LogP contribution in [-0.2, 0) is 4.79 Å². The highest BCUT2D eigenvalue weighted by Crippen LogP contribution is 2.26. The van der Waals surface area contributed by atoms with Crippen LogP contribution in [0.5, 0.6) is 0 Å². The zero-order valence-electron chi connectivity index (χ0n) is 22.9. The van der Waals surface area contributed by atoms with Crippen molar-refractivity contribution < 1.29 is 14.4 Å². The number of carbonyl (C=O) groups is 3. The van der Waals surface area contributed by atoms with Crippen molar-refractivity contribution in [3.8, 4) is 0 Å². The molecular weight excluding hydrogens is 565 g/mol. The predicted molar refractivity (Wildman–Crippen MR) is 163 cm³/mol. The fourth-order valence-corrected chi connectivity index (χ4v) is 5.02. The molecule has 3 aromatic rings. The van der Waals surface area contributed by atoms with Crippen molar-refractivity contribution in [3.05, 3.63) is 82.1 Å². The zero-order chi connectivity index (χ0) is 29.4. The van der Waals surface area contributed by atoms with Gasteiger partial charge in [0.25, 0.3) is 11.8 Å². The first-order valence-electron chi connectivity index (χ1n) is 13.3. The number of hydrogen-bond donors (Lipinski definition) is 4. The number of amides is 3. The van der Waals surface area contributed by atoms with Crippen LogP contribution in [0, 0.1) is 0 Å². The van der Waals surface area contributed by atoms with Crippen LogP contribution in [0.1, 0.15) is 40.1 Å². The molecule has 1 fully saturated rings. The average Bonchev–Trinajstić information content (AvgIpc) is 3.40. The number of nitrogens with one attached hydrogen (secondary N) is 4. The highest BCUT2D eigenvalue weighted by Gasteiger charge is 2.24. The molecule has 1 aliphatic rings. The summed E-state index contributed by atoms with van der Waals surface area (Å²) >= 11 is 12.3. The van der Waals surface area contributed by atoms with Crippen LogP contribution < -0.4 is 20.9 Å². The minimum atomic E-state index is -0.536. The normalized spacial score (nSPS) is 13.9. The Morgan fingerprint density at radius 3 is 2.37 bits per heavy atom. The molecule has 2 heterocycles. The third-order valence-electron chi connectivity index (χ3n) is 6.65.